The number of nitrogens with two attached hydrogens (primary N) is 1. The molecule has 1 aliphatic rings. The molecular weight excluding hydrogens is 530 g/mol. The average molecular weight is 560 g/mol. The minimum absolute atomic E-state index is 0.0913. The van der Waals surface area contributed by atoms with Crippen LogP contribution in [0.4, 0.5) is 27.3 Å². The van der Waals surface area contributed by atoms with E-state index in [2.05, 4.69) is 64.0 Å². The predicted molar refractivity (Wildman–Crippen MR) is 143 cm³/mol. The largest absolute Gasteiger partial charge is 0.394 e. The fourth-order valence-electron chi connectivity index (χ4n) is 4.51. The van der Waals surface area contributed by atoms with Crippen LogP contribution in [0.15, 0.2) is 47.3 Å². The highest BCUT2D eigenvalue weighted by atomic mass is 127. The summed E-state index contributed by atoms with van der Waals surface area (Å²) in [7, 11) is 0. The summed E-state index contributed by atoms with van der Waals surface area (Å²) in [4.78, 5) is 15.3. The first kappa shape index (κ1) is 23.6. The Kier molecular flexibility index (Phi) is 7.26. The lowest BCUT2D eigenvalue weighted by atomic mass is 10.0. The first-order chi connectivity index (χ1) is 15.9. The fraction of sp³-hybridized carbons (Fsp3) is 0.346. The van der Waals surface area contributed by atoms with E-state index in [0.29, 0.717) is 48.1 Å². The second-order valence-corrected chi connectivity index (χ2v) is 9.84. The number of hydrogen-bond donors (Lipinski definition) is 2. The number of rotatable bonds is 8. The smallest absolute Gasteiger partial charge is 0.257 e. The maximum absolute atomic E-state index is 14.5. The molecule has 0 fully saturated rings. The van der Waals surface area contributed by atoms with Crippen LogP contribution in [0.5, 0.6) is 0 Å². The summed E-state index contributed by atoms with van der Waals surface area (Å²) in [5.74, 6) is 0.335. The summed E-state index contributed by atoms with van der Waals surface area (Å²) in [6.07, 6.45) is 4.62. The van der Waals surface area contributed by atoms with Crippen LogP contribution in [0.3, 0.4) is 0 Å². The van der Waals surface area contributed by atoms with Gasteiger partial charge in [-0.3, -0.25) is 9.36 Å². The summed E-state index contributed by atoms with van der Waals surface area (Å²) in [5.41, 5.74) is 10.9. The topological polar surface area (TPSA) is 63.3 Å². The van der Waals surface area contributed by atoms with Crippen molar-refractivity contribution in [1.29, 1.82) is 0 Å². The number of pyridine rings is 1. The van der Waals surface area contributed by atoms with E-state index in [4.69, 9.17) is 5.73 Å². The Morgan fingerprint density at radius 3 is 2.61 bits per heavy atom. The number of aryl methyl sites for hydroxylation is 1. The van der Waals surface area contributed by atoms with Crippen molar-refractivity contribution in [2.45, 2.75) is 52.6 Å². The minimum atomic E-state index is -0.376. The molecule has 174 valence electrons. The van der Waals surface area contributed by atoms with Crippen molar-refractivity contribution < 1.29 is 4.39 Å². The van der Waals surface area contributed by atoms with Crippen LogP contribution in [-0.2, 0) is 19.5 Å². The van der Waals surface area contributed by atoms with E-state index in [-0.39, 0.29) is 11.4 Å². The molecular formula is C26H30FIN4O. The molecule has 4 rings (SSSR count). The van der Waals surface area contributed by atoms with Crippen LogP contribution < -0.4 is 21.5 Å². The van der Waals surface area contributed by atoms with Crippen molar-refractivity contribution in [3.8, 4) is 0 Å². The quantitative estimate of drug-likeness (QED) is 0.263. The van der Waals surface area contributed by atoms with E-state index < -0.39 is 0 Å². The third-order valence-corrected chi connectivity index (χ3v) is 6.99. The molecule has 0 amide bonds. The molecule has 0 saturated heterocycles. The number of nitrogens with one attached hydrogen (secondary N) is 1. The van der Waals surface area contributed by atoms with E-state index in [9.17, 15) is 9.18 Å². The number of benzene rings is 2. The van der Waals surface area contributed by atoms with Crippen LogP contribution in [0.25, 0.3) is 0 Å². The van der Waals surface area contributed by atoms with Gasteiger partial charge in [0.05, 0.1) is 17.1 Å². The van der Waals surface area contributed by atoms with Crippen molar-refractivity contribution in [2.75, 3.05) is 22.5 Å². The molecule has 7 heteroatoms. The SMILES string of the molecule is CCCCCc1ccccc1CN1CCn2c1c(N)c(Nc1ccc(I)cc1F)c(C)c2=O. The molecule has 0 spiro atoms. The van der Waals surface area contributed by atoms with Gasteiger partial charge in [0.25, 0.3) is 5.56 Å². The summed E-state index contributed by atoms with van der Waals surface area (Å²) < 4.78 is 17.1. The number of fused-ring (bicyclic) bond motifs is 1. The lowest BCUT2D eigenvalue weighted by molar-refractivity contribution is 0.631. The van der Waals surface area contributed by atoms with Crippen molar-refractivity contribution >= 4 is 45.5 Å². The normalized spacial score (nSPS) is 12.8. The molecule has 2 aromatic carbocycles. The number of anilines is 4. The summed E-state index contributed by atoms with van der Waals surface area (Å²) in [5, 5.41) is 3.09. The van der Waals surface area contributed by atoms with Crippen LogP contribution in [0.2, 0.25) is 0 Å². The van der Waals surface area contributed by atoms with Gasteiger partial charge in [-0.05, 0) is 71.7 Å². The lowest BCUT2D eigenvalue weighted by Gasteiger charge is -2.24. The zero-order chi connectivity index (χ0) is 23.5. The molecule has 0 aliphatic carbocycles. The third kappa shape index (κ3) is 4.88. The molecule has 0 radical (unpaired) electrons. The van der Waals surface area contributed by atoms with Gasteiger partial charge in [-0.25, -0.2) is 4.39 Å². The Balaban J connectivity index is 1.68. The highest BCUT2D eigenvalue weighted by molar-refractivity contribution is 14.1. The molecule has 1 aromatic heterocycles. The van der Waals surface area contributed by atoms with Crippen molar-refractivity contribution in [3.05, 3.63) is 78.9 Å². The van der Waals surface area contributed by atoms with Gasteiger partial charge < -0.3 is 16.0 Å². The summed E-state index contributed by atoms with van der Waals surface area (Å²) >= 11 is 2.07. The molecule has 1 aliphatic heterocycles. The molecule has 0 unspecified atom stereocenters. The van der Waals surface area contributed by atoms with Gasteiger partial charge in [0.2, 0.25) is 0 Å². The van der Waals surface area contributed by atoms with E-state index in [1.807, 2.05) is 6.07 Å². The van der Waals surface area contributed by atoms with Gasteiger partial charge >= 0.3 is 0 Å². The van der Waals surface area contributed by atoms with Crippen molar-refractivity contribution in [1.82, 2.24) is 4.57 Å². The monoisotopic (exact) mass is 560 g/mol. The van der Waals surface area contributed by atoms with Crippen LogP contribution in [0.1, 0.15) is 42.9 Å². The molecule has 3 aromatic rings. The van der Waals surface area contributed by atoms with Crippen LogP contribution in [0, 0.1) is 16.3 Å². The van der Waals surface area contributed by atoms with Crippen LogP contribution >= 0.6 is 22.6 Å². The lowest BCUT2D eigenvalue weighted by Crippen LogP contribution is -2.25. The Labute approximate surface area is 207 Å². The predicted octanol–water partition coefficient (Wildman–Crippen LogP) is 5.98. The standard InChI is InChI=1S/C26H30FIN4O/c1-3-4-5-8-18-9-6-7-10-19(18)16-31-13-14-32-25(31)23(29)24(17(2)26(32)33)30-22-12-11-20(28)15-21(22)27/h6-7,9-12,15,30H,3-5,8,13-14,16,29H2,1-2H3. The second-order valence-electron chi connectivity index (χ2n) is 8.59. The van der Waals surface area contributed by atoms with Gasteiger partial charge in [0, 0.05) is 28.8 Å². The Bertz CT molecular complexity index is 1220. The van der Waals surface area contributed by atoms with Gasteiger partial charge in [0.1, 0.15) is 11.6 Å². The maximum atomic E-state index is 14.5. The van der Waals surface area contributed by atoms with Crippen molar-refractivity contribution in [2.24, 2.45) is 0 Å². The van der Waals surface area contributed by atoms with Gasteiger partial charge in [0.15, 0.2) is 0 Å². The Morgan fingerprint density at radius 2 is 1.88 bits per heavy atom. The third-order valence-electron chi connectivity index (χ3n) is 6.32. The van der Waals surface area contributed by atoms with Gasteiger partial charge in [-0.1, -0.05) is 44.0 Å². The van der Waals surface area contributed by atoms with Crippen LogP contribution in [-0.4, -0.2) is 11.1 Å². The Morgan fingerprint density at radius 1 is 1.12 bits per heavy atom. The van der Waals surface area contributed by atoms with Gasteiger partial charge in [-0.2, -0.15) is 0 Å². The summed E-state index contributed by atoms with van der Waals surface area (Å²) in [6, 6.07) is 13.4. The zero-order valence-electron chi connectivity index (χ0n) is 19.1. The molecule has 0 saturated carbocycles. The molecule has 0 bridgehead atoms. The maximum Gasteiger partial charge on any atom is 0.257 e. The van der Waals surface area contributed by atoms with E-state index >= 15 is 0 Å². The zero-order valence-corrected chi connectivity index (χ0v) is 21.3. The number of hydrogen-bond acceptors (Lipinski definition) is 4. The highest BCUT2D eigenvalue weighted by Gasteiger charge is 2.28. The average Bonchev–Trinajstić information content (AvgIpc) is 3.21. The first-order valence-corrected chi connectivity index (χ1v) is 12.5. The molecule has 5 nitrogen and oxygen atoms in total. The Hall–Kier alpha value is -2.55. The second kappa shape index (κ2) is 10.2. The van der Waals surface area contributed by atoms with Gasteiger partial charge in [-0.15, -0.1) is 0 Å². The van der Waals surface area contributed by atoms with E-state index in [0.717, 1.165) is 9.99 Å². The molecule has 0 atom stereocenters. The minimum Gasteiger partial charge on any atom is -0.394 e. The fourth-order valence-corrected chi connectivity index (χ4v) is 4.96. The number of aromatic nitrogens is 1. The molecule has 33 heavy (non-hydrogen) atoms. The molecule has 3 N–H and O–H groups in total. The van der Waals surface area contributed by atoms with E-state index in [1.54, 1.807) is 17.6 Å². The number of nitrogen functional groups attached to an aromatic ring is 1. The number of nitrogens with zero attached hydrogens (tertiary/aromatic N) is 2. The van der Waals surface area contributed by atoms with Crippen molar-refractivity contribution in [3.63, 3.8) is 0 Å². The number of unbranched alkanes of at least 4 members (excludes halogenated alkanes) is 2. The summed E-state index contributed by atoms with van der Waals surface area (Å²) in [6.45, 7) is 5.94. The van der Waals surface area contributed by atoms with E-state index in [1.165, 1.54) is 36.5 Å². The highest BCUT2D eigenvalue weighted by Crippen LogP contribution is 2.37. The molecule has 2 heterocycles. The first-order valence-electron chi connectivity index (χ1n) is 11.5. The number of halogens is 2.